The summed E-state index contributed by atoms with van der Waals surface area (Å²) in [5.74, 6) is -1.91. The van der Waals surface area contributed by atoms with E-state index >= 15 is 0 Å². The highest BCUT2D eigenvalue weighted by atomic mass is 16.7. The number of ether oxygens (including phenoxy) is 1. The van der Waals surface area contributed by atoms with Crippen LogP contribution in [0.15, 0.2) is 24.3 Å². The molecule has 1 fully saturated rings. The molecule has 1 aliphatic heterocycles. The number of carbonyl (C=O) groups is 3. The summed E-state index contributed by atoms with van der Waals surface area (Å²) in [7, 11) is 1.42. The van der Waals surface area contributed by atoms with Crippen LogP contribution in [0.1, 0.15) is 40.5 Å². The average molecular weight is 289 g/mol. The fourth-order valence-corrected chi connectivity index (χ4v) is 2.47. The number of carbonyl (C=O) groups excluding carboxylic acids is 3. The van der Waals surface area contributed by atoms with Crippen molar-refractivity contribution in [2.24, 2.45) is 5.92 Å². The van der Waals surface area contributed by atoms with E-state index in [1.54, 1.807) is 19.1 Å². The number of hydroxylamine groups is 2. The Labute approximate surface area is 121 Å². The molecule has 1 unspecified atom stereocenters. The van der Waals surface area contributed by atoms with Crippen LogP contribution in [0.25, 0.3) is 0 Å². The number of nitrogens with zero attached hydrogens (tertiary/aromatic N) is 1. The van der Waals surface area contributed by atoms with E-state index in [1.165, 1.54) is 19.2 Å². The van der Waals surface area contributed by atoms with E-state index in [2.05, 4.69) is 0 Å². The zero-order chi connectivity index (χ0) is 15.2. The Morgan fingerprint density at radius 1 is 1.19 bits per heavy atom. The summed E-state index contributed by atoms with van der Waals surface area (Å²) in [4.78, 5) is 41.6. The zero-order valence-electron chi connectivity index (χ0n) is 11.8. The topological polar surface area (TPSA) is 72.9 Å². The van der Waals surface area contributed by atoms with Crippen LogP contribution >= 0.6 is 0 Å². The normalized spacial score (nSPS) is 20.2. The summed E-state index contributed by atoms with van der Waals surface area (Å²) in [5.41, 5.74) is -0.656. The van der Waals surface area contributed by atoms with Gasteiger partial charge in [0.05, 0.1) is 11.1 Å². The molecule has 2 aliphatic rings. The van der Waals surface area contributed by atoms with Crippen LogP contribution in [-0.2, 0) is 14.4 Å². The summed E-state index contributed by atoms with van der Waals surface area (Å²) in [6, 6.07) is 6.36. The van der Waals surface area contributed by atoms with Crippen molar-refractivity contribution in [3.63, 3.8) is 0 Å². The van der Waals surface area contributed by atoms with E-state index in [4.69, 9.17) is 9.57 Å². The smallest absolute Gasteiger partial charge is 0.364 e. The van der Waals surface area contributed by atoms with Gasteiger partial charge in [-0.25, -0.2) is 4.79 Å². The van der Waals surface area contributed by atoms with Crippen LogP contribution in [0.4, 0.5) is 0 Å². The Balaban J connectivity index is 1.82. The van der Waals surface area contributed by atoms with Crippen LogP contribution in [0.3, 0.4) is 0 Å². The average Bonchev–Trinajstić information content (AvgIpc) is 3.32. The predicted octanol–water partition coefficient (Wildman–Crippen LogP) is 1.56. The van der Waals surface area contributed by atoms with E-state index in [0.717, 1.165) is 12.8 Å². The maximum atomic E-state index is 12.3. The van der Waals surface area contributed by atoms with Gasteiger partial charge in [-0.05, 0) is 37.8 Å². The van der Waals surface area contributed by atoms with Crippen LogP contribution in [-0.4, -0.2) is 35.6 Å². The number of benzene rings is 1. The molecule has 3 rings (SSSR count). The molecule has 6 heteroatoms. The first-order valence-corrected chi connectivity index (χ1v) is 6.74. The van der Waals surface area contributed by atoms with Crippen molar-refractivity contribution in [2.45, 2.75) is 25.4 Å². The molecule has 0 aromatic heterocycles. The number of hydrogen-bond donors (Lipinski definition) is 0. The fourth-order valence-electron chi connectivity index (χ4n) is 2.47. The molecule has 1 aromatic rings. The molecule has 0 radical (unpaired) electrons. The quantitative estimate of drug-likeness (QED) is 0.786. The fraction of sp³-hybridized carbons (Fsp3) is 0.400. The summed E-state index contributed by atoms with van der Waals surface area (Å²) in [6.45, 7) is 1.62. The molecule has 1 saturated carbocycles. The minimum atomic E-state index is -1.13. The first-order valence-electron chi connectivity index (χ1n) is 6.74. The lowest BCUT2D eigenvalue weighted by atomic mass is 10.0. The minimum Gasteiger partial charge on any atom is -0.366 e. The number of fused-ring (bicyclic) bond motifs is 1. The van der Waals surface area contributed by atoms with Gasteiger partial charge >= 0.3 is 5.97 Å². The van der Waals surface area contributed by atoms with Crippen LogP contribution in [0, 0.1) is 5.92 Å². The number of amides is 2. The molecule has 1 atom stereocenters. The summed E-state index contributed by atoms with van der Waals surface area (Å²) in [5, 5.41) is 0.520. The lowest BCUT2D eigenvalue weighted by molar-refractivity contribution is -0.194. The third-order valence-corrected chi connectivity index (χ3v) is 4.12. The molecule has 0 spiro atoms. The maximum Gasteiger partial charge on any atom is 0.364 e. The van der Waals surface area contributed by atoms with Crippen molar-refractivity contribution in [1.29, 1.82) is 0 Å². The van der Waals surface area contributed by atoms with E-state index in [1.807, 2.05) is 0 Å². The second-order valence-corrected chi connectivity index (χ2v) is 5.41. The van der Waals surface area contributed by atoms with Gasteiger partial charge in [-0.1, -0.05) is 17.2 Å². The molecule has 0 saturated heterocycles. The Hall–Kier alpha value is -2.21. The van der Waals surface area contributed by atoms with Crippen molar-refractivity contribution in [2.75, 3.05) is 7.11 Å². The molecule has 21 heavy (non-hydrogen) atoms. The third kappa shape index (κ3) is 2.03. The van der Waals surface area contributed by atoms with Gasteiger partial charge in [-0.15, -0.1) is 0 Å². The van der Waals surface area contributed by atoms with Crippen LogP contribution in [0.5, 0.6) is 0 Å². The number of rotatable bonds is 4. The summed E-state index contributed by atoms with van der Waals surface area (Å²) >= 11 is 0. The van der Waals surface area contributed by atoms with Gasteiger partial charge in [-0.2, -0.15) is 0 Å². The molecule has 1 aromatic carbocycles. The van der Waals surface area contributed by atoms with Crippen molar-refractivity contribution >= 4 is 17.8 Å². The Morgan fingerprint density at radius 3 is 2.14 bits per heavy atom. The van der Waals surface area contributed by atoms with Gasteiger partial charge in [0, 0.05) is 7.11 Å². The highest BCUT2D eigenvalue weighted by Gasteiger charge is 2.51. The second-order valence-electron chi connectivity index (χ2n) is 5.41. The van der Waals surface area contributed by atoms with Crippen LogP contribution in [0.2, 0.25) is 0 Å². The lowest BCUT2D eigenvalue weighted by Gasteiger charge is -2.26. The van der Waals surface area contributed by atoms with Gasteiger partial charge in [0.25, 0.3) is 11.8 Å². The lowest BCUT2D eigenvalue weighted by Crippen LogP contribution is -2.46. The predicted molar refractivity (Wildman–Crippen MR) is 71.2 cm³/mol. The standard InChI is InChI=1S/C15H15NO5/c1-15(20-2,9-7-8-9)14(19)21-16-12(17)10-5-3-4-6-11(10)13(16)18/h3-6,9H,7-8H2,1-2H3. The molecular weight excluding hydrogens is 274 g/mol. The molecular formula is C15H15NO5. The molecule has 1 aliphatic carbocycles. The zero-order valence-corrected chi connectivity index (χ0v) is 11.8. The van der Waals surface area contributed by atoms with E-state index in [0.29, 0.717) is 5.06 Å². The summed E-state index contributed by atoms with van der Waals surface area (Å²) < 4.78 is 5.26. The van der Waals surface area contributed by atoms with Crippen molar-refractivity contribution in [3.8, 4) is 0 Å². The Bertz CT molecular complexity index is 602. The maximum absolute atomic E-state index is 12.3. The number of hydrogen-bond acceptors (Lipinski definition) is 5. The Kier molecular flexibility index (Phi) is 3.06. The molecule has 2 amide bonds. The Morgan fingerprint density at radius 2 is 1.71 bits per heavy atom. The van der Waals surface area contributed by atoms with E-state index < -0.39 is 23.4 Å². The van der Waals surface area contributed by atoms with Gasteiger partial charge < -0.3 is 9.57 Å². The third-order valence-electron chi connectivity index (χ3n) is 4.12. The van der Waals surface area contributed by atoms with Gasteiger partial charge in [0.1, 0.15) is 0 Å². The van der Waals surface area contributed by atoms with Crippen molar-refractivity contribution < 1.29 is 24.0 Å². The van der Waals surface area contributed by atoms with Crippen molar-refractivity contribution in [3.05, 3.63) is 35.4 Å². The van der Waals surface area contributed by atoms with Crippen molar-refractivity contribution in [1.82, 2.24) is 5.06 Å². The van der Waals surface area contributed by atoms with E-state index in [-0.39, 0.29) is 17.0 Å². The monoisotopic (exact) mass is 289 g/mol. The van der Waals surface area contributed by atoms with Gasteiger partial charge in [0.15, 0.2) is 5.60 Å². The minimum absolute atomic E-state index is 0.0604. The molecule has 1 heterocycles. The number of methoxy groups -OCH3 is 1. The SMILES string of the molecule is COC(C)(C(=O)ON1C(=O)c2ccccc2C1=O)C1CC1. The highest BCUT2D eigenvalue weighted by Crippen LogP contribution is 2.42. The van der Waals surface area contributed by atoms with Crippen LogP contribution < -0.4 is 0 Å². The first-order chi connectivity index (χ1) is 9.99. The van der Waals surface area contributed by atoms with Gasteiger partial charge in [-0.3, -0.25) is 9.59 Å². The molecule has 0 bridgehead atoms. The largest absolute Gasteiger partial charge is 0.366 e. The molecule has 0 N–H and O–H groups in total. The van der Waals surface area contributed by atoms with Gasteiger partial charge in [0.2, 0.25) is 0 Å². The van der Waals surface area contributed by atoms with E-state index in [9.17, 15) is 14.4 Å². The highest BCUT2D eigenvalue weighted by molar-refractivity contribution is 6.20. The molecule has 6 nitrogen and oxygen atoms in total. The second kappa shape index (κ2) is 4.66. The molecule has 110 valence electrons. The number of imide groups is 1. The summed E-state index contributed by atoms with van der Waals surface area (Å²) in [6.07, 6.45) is 1.73. The first kappa shape index (κ1) is 13.8.